The standard InChI is InChI=1S/C21H17ClO3S/c1-13-7-9-15(10-8-13)21(24)14(2)25-19(23)12-11-18-20(22)16-5-3-4-6-17(16)26-18/h3-12,14H,1-2H3/b12-11+/t14-/m1/s1. The number of hydrogen-bond acceptors (Lipinski definition) is 4. The van der Waals surface area contributed by atoms with Gasteiger partial charge in [0.2, 0.25) is 5.78 Å². The Hall–Kier alpha value is -2.43. The summed E-state index contributed by atoms with van der Waals surface area (Å²) in [6, 6.07) is 14.9. The van der Waals surface area contributed by atoms with Crippen LogP contribution in [0.2, 0.25) is 5.02 Å². The molecule has 0 saturated heterocycles. The minimum atomic E-state index is -0.854. The number of rotatable bonds is 5. The number of carbonyl (C=O) groups is 2. The molecule has 1 aromatic heterocycles. The van der Waals surface area contributed by atoms with Crippen LogP contribution in [0.25, 0.3) is 16.2 Å². The van der Waals surface area contributed by atoms with Crippen molar-refractivity contribution in [3.8, 4) is 0 Å². The number of ether oxygens (including phenoxy) is 1. The fourth-order valence-corrected chi connectivity index (χ4v) is 3.90. The lowest BCUT2D eigenvalue weighted by Gasteiger charge is -2.10. The normalized spacial score (nSPS) is 12.4. The number of benzene rings is 2. The Labute approximate surface area is 160 Å². The Morgan fingerprint density at radius 2 is 1.81 bits per heavy atom. The lowest BCUT2D eigenvalue weighted by Crippen LogP contribution is -2.23. The first-order valence-electron chi connectivity index (χ1n) is 8.12. The molecule has 0 unspecified atom stereocenters. The van der Waals surface area contributed by atoms with E-state index in [1.165, 1.54) is 17.4 Å². The van der Waals surface area contributed by atoms with Crippen LogP contribution in [0.5, 0.6) is 0 Å². The Morgan fingerprint density at radius 3 is 2.50 bits per heavy atom. The number of aryl methyl sites for hydroxylation is 1. The maximum atomic E-state index is 12.3. The number of carbonyl (C=O) groups excluding carboxylic acids is 2. The summed E-state index contributed by atoms with van der Waals surface area (Å²) in [6.07, 6.45) is 2.07. The van der Waals surface area contributed by atoms with Gasteiger partial charge in [0.15, 0.2) is 6.10 Å². The lowest BCUT2D eigenvalue weighted by molar-refractivity contribution is -0.140. The third-order valence-electron chi connectivity index (χ3n) is 3.93. The van der Waals surface area contributed by atoms with Gasteiger partial charge in [0.25, 0.3) is 0 Å². The predicted molar refractivity (Wildman–Crippen MR) is 107 cm³/mol. The molecule has 0 aliphatic carbocycles. The van der Waals surface area contributed by atoms with Crippen LogP contribution in [0.4, 0.5) is 0 Å². The van der Waals surface area contributed by atoms with Gasteiger partial charge in [0.05, 0.1) is 5.02 Å². The molecule has 26 heavy (non-hydrogen) atoms. The maximum absolute atomic E-state index is 12.3. The lowest BCUT2D eigenvalue weighted by atomic mass is 10.1. The summed E-state index contributed by atoms with van der Waals surface area (Å²) in [5.74, 6) is -0.807. The second kappa shape index (κ2) is 7.85. The Kier molecular flexibility index (Phi) is 5.55. The molecule has 3 nitrogen and oxygen atoms in total. The average Bonchev–Trinajstić information content (AvgIpc) is 2.96. The number of Topliss-reactive ketones (excluding diaryl/α,β-unsaturated/α-hetero) is 1. The van der Waals surface area contributed by atoms with E-state index in [0.29, 0.717) is 10.6 Å². The summed E-state index contributed by atoms with van der Waals surface area (Å²) >= 11 is 7.84. The Morgan fingerprint density at radius 1 is 1.12 bits per heavy atom. The van der Waals surface area contributed by atoms with Crippen LogP contribution >= 0.6 is 22.9 Å². The number of thiophene rings is 1. The van der Waals surface area contributed by atoms with E-state index >= 15 is 0 Å². The largest absolute Gasteiger partial charge is 0.451 e. The highest BCUT2D eigenvalue weighted by Gasteiger charge is 2.18. The summed E-state index contributed by atoms with van der Waals surface area (Å²) in [6.45, 7) is 3.52. The van der Waals surface area contributed by atoms with E-state index < -0.39 is 12.1 Å². The summed E-state index contributed by atoms with van der Waals surface area (Å²) in [5, 5.41) is 1.56. The summed E-state index contributed by atoms with van der Waals surface area (Å²) in [7, 11) is 0. The minimum absolute atomic E-state index is 0.230. The van der Waals surface area contributed by atoms with E-state index in [9.17, 15) is 9.59 Å². The second-order valence-corrected chi connectivity index (χ2v) is 7.38. The zero-order valence-corrected chi connectivity index (χ0v) is 15.9. The molecular weight excluding hydrogens is 368 g/mol. The van der Waals surface area contributed by atoms with Gasteiger partial charge >= 0.3 is 5.97 Å². The molecule has 1 heterocycles. The minimum Gasteiger partial charge on any atom is -0.451 e. The first-order chi connectivity index (χ1) is 12.5. The van der Waals surface area contributed by atoms with Gasteiger partial charge in [-0.1, -0.05) is 59.6 Å². The van der Waals surface area contributed by atoms with Crippen molar-refractivity contribution in [2.75, 3.05) is 0 Å². The third kappa shape index (κ3) is 4.03. The highest BCUT2D eigenvalue weighted by molar-refractivity contribution is 7.20. The van der Waals surface area contributed by atoms with Gasteiger partial charge < -0.3 is 4.74 Å². The zero-order chi connectivity index (χ0) is 18.7. The number of fused-ring (bicyclic) bond motifs is 1. The van der Waals surface area contributed by atoms with Gasteiger partial charge in [0, 0.05) is 26.6 Å². The molecule has 3 aromatic rings. The van der Waals surface area contributed by atoms with Crippen molar-refractivity contribution in [3.05, 3.63) is 75.6 Å². The van der Waals surface area contributed by atoms with E-state index in [2.05, 4.69) is 0 Å². The molecule has 132 valence electrons. The molecule has 1 atom stereocenters. The molecule has 0 aliphatic rings. The van der Waals surface area contributed by atoms with Crippen molar-refractivity contribution in [1.82, 2.24) is 0 Å². The SMILES string of the molecule is Cc1ccc(C(=O)[C@@H](C)OC(=O)/C=C/c2sc3ccccc3c2Cl)cc1. The van der Waals surface area contributed by atoms with Gasteiger partial charge in [-0.15, -0.1) is 11.3 Å². The van der Waals surface area contributed by atoms with Crippen LogP contribution in [-0.2, 0) is 9.53 Å². The van der Waals surface area contributed by atoms with Gasteiger partial charge in [-0.25, -0.2) is 4.79 Å². The van der Waals surface area contributed by atoms with E-state index in [1.54, 1.807) is 25.1 Å². The molecule has 2 aromatic carbocycles. The summed E-state index contributed by atoms with van der Waals surface area (Å²) < 4.78 is 6.27. The average molecular weight is 385 g/mol. The molecule has 0 spiro atoms. The molecule has 0 bridgehead atoms. The predicted octanol–water partition coefficient (Wildman–Crippen LogP) is 5.69. The second-order valence-electron chi connectivity index (χ2n) is 5.92. The molecule has 0 aliphatic heterocycles. The molecule has 0 fully saturated rings. The summed E-state index contributed by atoms with van der Waals surface area (Å²) in [5.41, 5.74) is 1.58. The van der Waals surface area contributed by atoms with Gasteiger partial charge in [0.1, 0.15) is 0 Å². The highest BCUT2D eigenvalue weighted by Crippen LogP contribution is 2.35. The number of hydrogen-bond donors (Lipinski definition) is 0. The van der Waals surface area contributed by atoms with Crippen LogP contribution in [0.1, 0.15) is 27.7 Å². The first kappa shape index (κ1) is 18.4. The molecule has 0 N–H and O–H groups in total. The van der Waals surface area contributed by atoms with E-state index in [-0.39, 0.29) is 5.78 Å². The third-order valence-corrected chi connectivity index (χ3v) is 5.58. The Bertz CT molecular complexity index is 986. The number of ketones is 1. The van der Waals surface area contributed by atoms with Crippen molar-refractivity contribution < 1.29 is 14.3 Å². The molecule has 0 saturated carbocycles. The van der Waals surface area contributed by atoms with E-state index in [4.69, 9.17) is 16.3 Å². The summed E-state index contributed by atoms with van der Waals surface area (Å²) in [4.78, 5) is 25.1. The molecule has 5 heteroatoms. The van der Waals surface area contributed by atoms with Crippen molar-refractivity contribution in [2.24, 2.45) is 0 Å². The van der Waals surface area contributed by atoms with E-state index in [0.717, 1.165) is 20.5 Å². The van der Waals surface area contributed by atoms with Crippen LogP contribution in [0.3, 0.4) is 0 Å². The molecule has 0 radical (unpaired) electrons. The van der Waals surface area contributed by atoms with Crippen LogP contribution in [0.15, 0.2) is 54.6 Å². The first-order valence-corrected chi connectivity index (χ1v) is 9.32. The van der Waals surface area contributed by atoms with Gasteiger partial charge in [-0.2, -0.15) is 0 Å². The van der Waals surface area contributed by atoms with Crippen LogP contribution < -0.4 is 0 Å². The van der Waals surface area contributed by atoms with Crippen molar-refractivity contribution in [3.63, 3.8) is 0 Å². The van der Waals surface area contributed by atoms with Gasteiger partial charge in [-0.3, -0.25) is 4.79 Å². The number of esters is 1. The Balaban J connectivity index is 1.67. The maximum Gasteiger partial charge on any atom is 0.331 e. The number of halogens is 1. The fraction of sp³-hybridized carbons (Fsp3) is 0.143. The smallest absolute Gasteiger partial charge is 0.331 e. The van der Waals surface area contributed by atoms with E-state index in [1.807, 2.05) is 43.3 Å². The van der Waals surface area contributed by atoms with Crippen LogP contribution in [0, 0.1) is 6.92 Å². The molecule has 3 rings (SSSR count). The topological polar surface area (TPSA) is 43.4 Å². The van der Waals surface area contributed by atoms with Crippen molar-refractivity contribution >= 4 is 50.9 Å². The van der Waals surface area contributed by atoms with Crippen LogP contribution in [-0.4, -0.2) is 17.9 Å². The van der Waals surface area contributed by atoms with Gasteiger partial charge in [-0.05, 0) is 26.0 Å². The van der Waals surface area contributed by atoms with Crippen molar-refractivity contribution in [2.45, 2.75) is 20.0 Å². The monoisotopic (exact) mass is 384 g/mol. The molecular formula is C21H17ClO3S. The highest BCUT2D eigenvalue weighted by atomic mass is 35.5. The quantitative estimate of drug-likeness (QED) is 0.322. The van der Waals surface area contributed by atoms with Crippen molar-refractivity contribution in [1.29, 1.82) is 0 Å². The fourth-order valence-electron chi connectivity index (χ4n) is 2.50. The molecule has 0 amide bonds. The zero-order valence-electron chi connectivity index (χ0n) is 14.4.